The summed E-state index contributed by atoms with van der Waals surface area (Å²) in [5.74, 6) is 1.67. The third-order valence-electron chi connectivity index (χ3n) is 2.53. The molecule has 96 valence electrons. The summed E-state index contributed by atoms with van der Waals surface area (Å²) in [6.45, 7) is 0.388. The predicted molar refractivity (Wildman–Crippen MR) is 64.7 cm³/mol. The first-order chi connectivity index (χ1) is 8.17. The summed E-state index contributed by atoms with van der Waals surface area (Å²) in [5, 5.41) is 10.0. The lowest BCUT2D eigenvalue weighted by Crippen LogP contribution is -2.09. The Morgan fingerprint density at radius 3 is 2.00 bits per heavy atom. The number of methoxy groups -OCH3 is 3. The van der Waals surface area contributed by atoms with Gasteiger partial charge in [0.1, 0.15) is 17.2 Å². The SMILES string of the molecule is COc1cc(OC)c([C@H](O)CCN)c(OC)c1. The van der Waals surface area contributed by atoms with E-state index in [4.69, 9.17) is 19.9 Å². The lowest BCUT2D eigenvalue weighted by atomic mass is 10.0. The van der Waals surface area contributed by atoms with Gasteiger partial charge in [-0.15, -0.1) is 0 Å². The number of benzene rings is 1. The van der Waals surface area contributed by atoms with Gasteiger partial charge in [0.25, 0.3) is 0 Å². The fraction of sp³-hybridized carbons (Fsp3) is 0.500. The van der Waals surface area contributed by atoms with Crippen molar-refractivity contribution in [2.75, 3.05) is 27.9 Å². The summed E-state index contributed by atoms with van der Waals surface area (Å²) in [4.78, 5) is 0. The minimum absolute atomic E-state index is 0.388. The highest BCUT2D eigenvalue weighted by Crippen LogP contribution is 2.39. The van der Waals surface area contributed by atoms with E-state index in [1.165, 1.54) is 14.2 Å². The van der Waals surface area contributed by atoms with Crippen molar-refractivity contribution in [1.82, 2.24) is 0 Å². The Kier molecular flexibility index (Phi) is 5.06. The summed E-state index contributed by atoms with van der Waals surface area (Å²) in [7, 11) is 4.63. The molecule has 1 atom stereocenters. The standard InChI is InChI=1S/C12H19NO4/c1-15-8-6-10(16-2)12(9(14)4-5-13)11(7-8)17-3/h6-7,9,14H,4-5,13H2,1-3H3/t9-/m1/s1. The number of aliphatic hydroxyl groups excluding tert-OH is 1. The second kappa shape index (κ2) is 6.32. The molecule has 0 amide bonds. The minimum atomic E-state index is -0.712. The first kappa shape index (κ1) is 13.6. The Balaban J connectivity index is 3.23. The van der Waals surface area contributed by atoms with Gasteiger partial charge in [-0.05, 0) is 13.0 Å². The van der Waals surface area contributed by atoms with E-state index in [-0.39, 0.29) is 0 Å². The Bertz CT molecular complexity index is 343. The van der Waals surface area contributed by atoms with E-state index in [2.05, 4.69) is 0 Å². The molecule has 0 bridgehead atoms. The minimum Gasteiger partial charge on any atom is -0.496 e. The second-order valence-corrected chi connectivity index (χ2v) is 3.54. The average Bonchev–Trinajstić information content (AvgIpc) is 2.37. The molecule has 0 unspecified atom stereocenters. The molecule has 0 heterocycles. The van der Waals surface area contributed by atoms with Crippen LogP contribution in [0.3, 0.4) is 0 Å². The van der Waals surface area contributed by atoms with Crippen LogP contribution in [0.1, 0.15) is 18.1 Å². The molecule has 0 fully saturated rings. The molecule has 0 aliphatic rings. The van der Waals surface area contributed by atoms with Crippen molar-refractivity contribution in [2.24, 2.45) is 5.73 Å². The Labute approximate surface area is 101 Å². The van der Waals surface area contributed by atoms with Crippen molar-refractivity contribution in [2.45, 2.75) is 12.5 Å². The van der Waals surface area contributed by atoms with E-state index >= 15 is 0 Å². The van der Waals surface area contributed by atoms with Gasteiger partial charge in [-0.1, -0.05) is 0 Å². The lowest BCUT2D eigenvalue weighted by molar-refractivity contribution is 0.161. The van der Waals surface area contributed by atoms with Gasteiger partial charge in [0.05, 0.1) is 33.0 Å². The molecule has 0 saturated carbocycles. The smallest absolute Gasteiger partial charge is 0.132 e. The van der Waals surface area contributed by atoms with Crippen LogP contribution < -0.4 is 19.9 Å². The molecule has 0 aliphatic heterocycles. The number of nitrogens with two attached hydrogens (primary N) is 1. The molecular weight excluding hydrogens is 222 g/mol. The van der Waals surface area contributed by atoms with Gasteiger partial charge in [-0.25, -0.2) is 0 Å². The zero-order valence-electron chi connectivity index (χ0n) is 10.4. The normalized spacial score (nSPS) is 12.1. The fourth-order valence-electron chi connectivity index (χ4n) is 1.66. The van der Waals surface area contributed by atoms with Gasteiger partial charge in [0.2, 0.25) is 0 Å². The first-order valence-corrected chi connectivity index (χ1v) is 5.36. The molecule has 0 saturated heterocycles. The monoisotopic (exact) mass is 241 g/mol. The number of ether oxygens (including phenoxy) is 3. The zero-order chi connectivity index (χ0) is 12.8. The van der Waals surface area contributed by atoms with Crippen LogP contribution in [0.25, 0.3) is 0 Å². The van der Waals surface area contributed by atoms with E-state index in [0.717, 1.165) is 0 Å². The van der Waals surface area contributed by atoms with Crippen LogP contribution in [0, 0.1) is 0 Å². The number of hydrogen-bond acceptors (Lipinski definition) is 5. The van der Waals surface area contributed by atoms with Crippen LogP contribution in [0.4, 0.5) is 0 Å². The van der Waals surface area contributed by atoms with E-state index in [1.807, 2.05) is 0 Å². The van der Waals surface area contributed by atoms with Crippen molar-refractivity contribution in [3.63, 3.8) is 0 Å². The highest BCUT2D eigenvalue weighted by molar-refractivity contribution is 5.51. The quantitative estimate of drug-likeness (QED) is 0.780. The van der Waals surface area contributed by atoms with Gasteiger partial charge in [-0.3, -0.25) is 0 Å². The fourth-order valence-corrected chi connectivity index (χ4v) is 1.66. The van der Waals surface area contributed by atoms with Crippen molar-refractivity contribution in [3.05, 3.63) is 17.7 Å². The van der Waals surface area contributed by atoms with Crippen LogP contribution in [-0.4, -0.2) is 33.0 Å². The molecule has 0 radical (unpaired) electrons. The van der Waals surface area contributed by atoms with Crippen molar-refractivity contribution >= 4 is 0 Å². The van der Waals surface area contributed by atoms with E-state index in [9.17, 15) is 5.11 Å². The molecule has 3 N–H and O–H groups in total. The summed E-state index contributed by atoms with van der Waals surface area (Å²) < 4.78 is 15.6. The average molecular weight is 241 g/mol. The van der Waals surface area contributed by atoms with Gasteiger partial charge < -0.3 is 25.1 Å². The van der Waals surface area contributed by atoms with Crippen molar-refractivity contribution < 1.29 is 19.3 Å². The number of rotatable bonds is 6. The molecule has 5 heteroatoms. The van der Waals surface area contributed by atoms with Gasteiger partial charge in [0.15, 0.2) is 0 Å². The Hall–Kier alpha value is -1.46. The van der Waals surface area contributed by atoms with Crippen LogP contribution in [-0.2, 0) is 0 Å². The second-order valence-electron chi connectivity index (χ2n) is 3.54. The molecular formula is C12H19NO4. The highest BCUT2D eigenvalue weighted by Gasteiger charge is 2.19. The lowest BCUT2D eigenvalue weighted by Gasteiger charge is -2.18. The molecule has 1 aromatic carbocycles. The van der Waals surface area contributed by atoms with Crippen LogP contribution in [0.2, 0.25) is 0 Å². The van der Waals surface area contributed by atoms with Crippen LogP contribution in [0.15, 0.2) is 12.1 Å². The van der Waals surface area contributed by atoms with Gasteiger partial charge in [-0.2, -0.15) is 0 Å². The maximum absolute atomic E-state index is 10.0. The molecule has 1 aromatic rings. The van der Waals surface area contributed by atoms with Gasteiger partial charge >= 0.3 is 0 Å². The molecule has 0 aromatic heterocycles. The first-order valence-electron chi connectivity index (χ1n) is 5.36. The third kappa shape index (κ3) is 3.01. The summed E-state index contributed by atoms with van der Waals surface area (Å²) in [5.41, 5.74) is 6.04. The summed E-state index contributed by atoms with van der Waals surface area (Å²) in [6, 6.07) is 3.41. The molecule has 0 spiro atoms. The molecule has 5 nitrogen and oxygen atoms in total. The van der Waals surface area contributed by atoms with E-state index < -0.39 is 6.10 Å². The molecule has 1 rings (SSSR count). The van der Waals surface area contributed by atoms with Crippen molar-refractivity contribution in [3.8, 4) is 17.2 Å². The third-order valence-corrected chi connectivity index (χ3v) is 2.53. The molecule has 0 aliphatic carbocycles. The maximum Gasteiger partial charge on any atom is 0.132 e. The Morgan fingerprint density at radius 2 is 1.65 bits per heavy atom. The molecule has 17 heavy (non-hydrogen) atoms. The summed E-state index contributed by atoms with van der Waals surface area (Å²) >= 11 is 0. The Morgan fingerprint density at radius 1 is 1.12 bits per heavy atom. The summed E-state index contributed by atoms with van der Waals surface area (Å²) in [6.07, 6.45) is -0.269. The zero-order valence-corrected chi connectivity index (χ0v) is 10.4. The number of hydrogen-bond donors (Lipinski definition) is 2. The topological polar surface area (TPSA) is 73.9 Å². The van der Waals surface area contributed by atoms with Crippen LogP contribution >= 0.6 is 0 Å². The van der Waals surface area contributed by atoms with E-state index in [0.29, 0.717) is 35.8 Å². The maximum atomic E-state index is 10.0. The van der Waals surface area contributed by atoms with E-state index in [1.54, 1.807) is 19.2 Å². The largest absolute Gasteiger partial charge is 0.496 e. The van der Waals surface area contributed by atoms with Crippen LogP contribution in [0.5, 0.6) is 17.2 Å². The number of aliphatic hydroxyl groups is 1. The van der Waals surface area contributed by atoms with Crippen molar-refractivity contribution in [1.29, 1.82) is 0 Å². The highest BCUT2D eigenvalue weighted by atomic mass is 16.5. The predicted octanol–water partition coefficient (Wildman–Crippen LogP) is 1.09. The van der Waals surface area contributed by atoms with Gasteiger partial charge in [0, 0.05) is 12.1 Å².